The summed E-state index contributed by atoms with van der Waals surface area (Å²) in [5.41, 5.74) is 1.78. The van der Waals surface area contributed by atoms with Crippen LogP contribution in [0, 0.1) is 11.6 Å². The lowest BCUT2D eigenvalue weighted by Crippen LogP contribution is -2.48. The fraction of sp³-hybridized carbons (Fsp3) is 0.261. The first kappa shape index (κ1) is 20.5. The Morgan fingerprint density at radius 1 is 0.967 bits per heavy atom. The summed E-state index contributed by atoms with van der Waals surface area (Å²) >= 11 is 1.38. The molecular weight excluding hydrogens is 406 g/mol. The Morgan fingerprint density at radius 2 is 1.77 bits per heavy atom. The number of carbonyl (C=O) groups excluding carboxylic acids is 1. The minimum absolute atomic E-state index is 0.00236. The van der Waals surface area contributed by atoms with Crippen LogP contribution in [0.3, 0.4) is 0 Å². The molecule has 156 valence electrons. The lowest BCUT2D eigenvalue weighted by molar-refractivity contribution is 0.0633. The van der Waals surface area contributed by atoms with E-state index in [4.69, 9.17) is 4.74 Å². The van der Waals surface area contributed by atoms with E-state index in [0.717, 1.165) is 24.2 Å². The number of hydrogen-bond acceptors (Lipinski definition) is 4. The first-order valence-electron chi connectivity index (χ1n) is 9.79. The Kier molecular flexibility index (Phi) is 6.40. The van der Waals surface area contributed by atoms with Crippen LogP contribution in [0.25, 0.3) is 0 Å². The molecule has 1 aliphatic heterocycles. The molecule has 2 aromatic carbocycles. The van der Waals surface area contributed by atoms with Crippen molar-refractivity contribution in [1.82, 2.24) is 9.80 Å². The predicted octanol–water partition coefficient (Wildman–Crippen LogP) is 4.56. The number of benzene rings is 2. The number of nitrogens with zero attached hydrogens (tertiary/aromatic N) is 2. The van der Waals surface area contributed by atoms with E-state index in [1.807, 2.05) is 22.4 Å². The molecule has 4 rings (SSSR count). The summed E-state index contributed by atoms with van der Waals surface area (Å²) in [6.07, 6.45) is 0. The second-order valence-electron chi connectivity index (χ2n) is 7.24. The molecule has 0 radical (unpaired) electrons. The van der Waals surface area contributed by atoms with E-state index in [1.165, 1.54) is 23.5 Å². The molecule has 3 aromatic rings. The largest absolute Gasteiger partial charge is 0.486 e. The van der Waals surface area contributed by atoms with Gasteiger partial charge in [0.1, 0.15) is 12.4 Å². The van der Waals surface area contributed by atoms with Gasteiger partial charge in [0.05, 0.1) is 4.88 Å². The summed E-state index contributed by atoms with van der Waals surface area (Å²) in [7, 11) is 0. The summed E-state index contributed by atoms with van der Waals surface area (Å²) < 4.78 is 32.5. The molecule has 0 saturated carbocycles. The molecule has 1 amide bonds. The second-order valence-corrected chi connectivity index (χ2v) is 8.15. The van der Waals surface area contributed by atoms with Gasteiger partial charge in [-0.05, 0) is 41.3 Å². The summed E-state index contributed by atoms with van der Waals surface area (Å²) in [5.74, 6) is -0.428. The van der Waals surface area contributed by atoms with Crippen LogP contribution in [0.5, 0.6) is 5.75 Å². The fourth-order valence-electron chi connectivity index (χ4n) is 3.44. The van der Waals surface area contributed by atoms with Crippen molar-refractivity contribution in [2.75, 3.05) is 26.2 Å². The zero-order chi connectivity index (χ0) is 20.9. The molecule has 0 spiro atoms. The summed E-state index contributed by atoms with van der Waals surface area (Å²) in [5, 5.41) is 1.87. The van der Waals surface area contributed by atoms with Gasteiger partial charge >= 0.3 is 0 Å². The third-order valence-corrected chi connectivity index (χ3v) is 6.02. The zero-order valence-electron chi connectivity index (χ0n) is 16.4. The maximum atomic E-state index is 13.7. The molecule has 1 aromatic heterocycles. The Morgan fingerprint density at radius 3 is 2.53 bits per heavy atom. The lowest BCUT2D eigenvalue weighted by Gasteiger charge is -2.34. The Balaban J connectivity index is 1.29. The number of thiophene rings is 1. The van der Waals surface area contributed by atoms with Gasteiger partial charge in [0.15, 0.2) is 11.6 Å². The van der Waals surface area contributed by atoms with Gasteiger partial charge in [0.2, 0.25) is 0 Å². The standard InChI is InChI=1S/C23H22F2N2O2S/c24-19-5-3-4-17(12-19)14-26-8-10-27(11-9-26)23(28)22-13-18(16-30-22)15-29-21-7-2-1-6-20(21)25/h1-7,12-13,16H,8-11,14-15H2. The number of carbonyl (C=O) groups is 1. The lowest BCUT2D eigenvalue weighted by atomic mass is 10.2. The van der Waals surface area contributed by atoms with Gasteiger partial charge in [-0.1, -0.05) is 24.3 Å². The van der Waals surface area contributed by atoms with E-state index in [2.05, 4.69) is 4.90 Å². The molecule has 30 heavy (non-hydrogen) atoms. The fourth-order valence-corrected chi connectivity index (χ4v) is 4.31. The van der Waals surface area contributed by atoms with E-state index < -0.39 is 5.82 Å². The van der Waals surface area contributed by atoms with Crippen molar-refractivity contribution in [1.29, 1.82) is 0 Å². The number of ether oxygens (including phenoxy) is 1. The quantitative estimate of drug-likeness (QED) is 0.577. The second kappa shape index (κ2) is 9.36. The van der Waals surface area contributed by atoms with Crippen molar-refractivity contribution in [2.45, 2.75) is 13.2 Å². The average molecular weight is 429 g/mol. The van der Waals surface area contributed by atoms with Gasteiger partial charge in [-0.3, -0.25) is 9.69 Å². The van der Waals surface area contributed by atoms with Gasteiger partial charge in [-0.15, -0.1) is 11.3 Å². The van der Waals surface area contributed by atoms with E-state index >= 15 is 0 Å². The first-order valence-corrected chi connectivity index (χ1v) is 10.7. The Bertz CT molecular complexity index is 1020. The molecule has 1 fully saturated rings. The minimum Gasteiger partial charge on any atom is -0.486 e. The number of halogens is 2. The first-order chi connectivity index (χ1) is 14.6. The van der Waals surface area contributed by atoms with Crippen LogP contribution in [0.1, 0.15) is 20.8 Å². The van der Waals surface area contributed by atoms with Gasteiger partial charge in [0.25, 0.3) is 5.91 Å². The monoisotopic (exact) mass is 428 g/mol. The van der Waals surface area contributed by atoms with Gasteiger partial charge in [0, 0.05) is 38.3 Å². The summed E-state index contributed by atoms with van der Waals surface area (Å²) in [6.45, 7) is 3.65. The molecule has 1 aliphatic rings. The highest BCUT2D eigenvalue weighted by Gasteiger charge is 2.23. The maximum absolute atomic E-state index is 13.7. The third kappa shape index (κ3) is 5.04. The molecule has 4 nitrogen and oxygen atoms in total. The number of piperazine rings is 1. The van der Waals surface area contributed by atoms with E-state index in [9.17, 15) is 13.6 Å². The summed E-state index contributed by atoms with van der Waals surface area (Å²) in [6, 6.07) is 14.7. The molecule has 0 bridgehead atoms. The smallest absolute Gasteiger partial charge is 0.264 e. The molecule has 0 aliphatic carbocycles. The third-order valence-electron chi connectivity index (χ3n) is 5.05. The number of amides is 1. The van der Waals surface area contributed by atoms with Crippen molar-refractivity contribution >= 4 is 17.2 Å². The molecule has 0 N–H and O–H groups in total. The Hall–Kier alpha value is -2.77. The van der Waals surface area contributed by atoms with Crippen LogP contribution >= 0.6 is 11.3 Å². The van der Waals surface area contributed by atoms with Crippen LogP contribution in [0.4, 0.5) is 8.78 Å². The molecule has 2 heterocycles. The molecular formula is C23H22F2N2O2S. The maximum Gasteiger partial charge on any atom is 0.264 e. The molecule has 1 saturated heterocycles. The molecule has 0 atom stereocenters. The SMILES string of the molecule is O=C(c1cc(COc2ccccc2F)cs1)N1CCN(Cc2cccc(F)c2)CC1. The highest BCUT2D eigenvalue weighted by Crippen LogP contribution is 2.22. The molecule has 0 unspecified atom stereocenters. The van der Waals surface area contributed by atoms with Crippen molar-refractivity contribution < 1.29 is 18.3 Å². The normalized spacial score (nSPS) is 14.7. The summed E-state index contributed by atoms with van der Waals surface area (Å²) in [4.78, 5) is 17.5. The predicted molar refractivity (Wildman–Crippen MR) is 113 cm³/mol. The highest BCUT2D eigenvalue weighted by molar-refractivity contribution is 7.12. The van der Waals surface area contributed by atoms with Crippen molar-refractivity contribution in [3.05, 3.63) is 87.6 Å². The average Bonchev–Trinajstić information content (AvgIpc) is 3.22. The van der Waals surface area contributed by atoms with Crippen LogP contribution in [-0.4, -0.2) is 41.9 Å². The van der Waals surface area contributed by atoms with Crippen molar-refractivity contribution in [2.24, 2.45) is 0 Å². The van der Waals surface area contributed by atoms with E-state index in [0.29, 0.717) is 24.5 Å². The zero-order valence-corrected chi connectivity index (χ0v) is 17.2. The Labute approximate surface area is 178 Å². The van der Waals surface area contributed by atoms with Crippen LogP contribution < -0.4 is 4.74 Å². The van der Waals surface area contributed by atoms with E-state index in [-0.39, 0.29) is 24.1 Å². The van der Waals surface area contributed by atoms with Crippen LogP contribution in [0.2, 0.25) is 0 Å². The van der Waals surface area contributed by atoms with Gasteiger partial charge in [-0.2, -0.15) is 0 Å². The van der Waals surface area contributed by atoms with Crippen LogP contribution in [0.15, 0.2) is 60.0 Å². The molecule has 7 heteroatoms. The van der Waals surface area contributed by atoms with Crippen molar-refractivity contribution in [3.8, 4) is 5.75 Å². The number of hydrogen-bond donors (Lipinski definition) is 0. The highest BCUT2D eigenvalue weighted by atomic mass is 32.1. The van der Waals surface area contributed by atoms with Crippen molar-refractivity contribution in [3.63, 3.8) is 0 Å². The number of rotatable bonds is 6. The minimum atomic E-state index is -0.403. The van der Waals surface area contributed by atoms with E-state index in [1.54, 1.807) is 30.3 Å². The topological polar surface area (TPSA) is 32.8 Å². The number of para-hydroxylation sites is 1. The van der Waals surface area contributed by atoms with Crippen LogP contribution in [-0.2, 0) is 13.2 Å². The van der Waals surface area contributed by atoms with Gasteiger partial charge < -0.3 is 9.64 Å². The van der Waals surface area contributed by atoms with Gasteiger partial charge in [-0.25, -0.2) is 8.78 Å².